The van der Waals surface area contributed by atoms with Crippen molar-refractivity contribution in [2.45, 2.75) is 31.8 Å². The summed E-state index contributed by atoms with van der Waals surface area (Å²) >= 11 is 0. The van der Waals surface area contributed by atoms with Crippen LogP contribution in [0.1, 0.15) is 19.8 Å². The van der Waals surface area contributed by atoms with Crippen LogP contribution in [0.25, 0.3) is 0 Å². The van der Waals surface area contributed by atoms with Crippen LogP contribution in [0.2, 0.25) is 0 Å². The molecule has 82 valence electrons. The Labute approximate surface area is 86.0 Å². The molecular weight excluding hydrogens is 178 g/mol. The van der Waals surface area contributed by atoms with E-state index in [-0.39, 0.29) is 11.9 Å². The van der Waals surface area contributed by atoms with Crippen molar-refractivity contribution in [3.05, 3.63) is 0 Å². The van der Waals surface area contributed by atoms with Crippen LogP contribution in [0.4, 0.5) is 0 Å². The number of likely N-dealkylation sites (N-methyl/N-ethyl adjacent to an activating group) is 2. The molecule has 1 amide bonds. The Morgan fingerprint density at radius 2 is 2.29 bits per heavy atom. The predicted molar refractivity (Wildman–Crippen MR) is 56.9 cm³/mol. The van der Waals surface area contributed by atoms with Crippen molar-refractivity contribution < 1.29 is 4.79 Å². The van der Waals surface area contributed by atoms with Crippen LogP contribution in [-0.4, -0.2) is 55.0 Å². The van der Waals surface area contributed by atoms with Gasteiger partial charge in [0.15, 0.2) is 0 Å². The zero-order valence-electron chi connectivity index (χ0n) is 9.36. The standard InChI is InChI=1S/C10H21N3O/c1-8(11)10(14)13(3)9-5-4-6-12(2)7-9/h8-9H,4-7,11H2,1-3H3/t8-,9?/m1/s1. The van der Waals surface area contributed by atoms with Gasteiger partial charge < -0.3 is 15.5 Å². The number of hydrogen-bond acceptors (Lipinski definition) is 3. The molecule has 0 aromatic rings. The molecule has 0 spiro atoms. The van der Waals surface area contributed by atoms with Crippen molar-refractivity contribution >= 4 is 5.91 Å². The van der Waals surface area contributed by atoms with Crippen LogP contribution >= 0.6 is 0 Å². The second-order valence-electron chi connectivity index (χ2n) is 4.30. The largest absolute Gasteiger partial charge is 0.340 e. The van der Waals surface area contributed by atoms with Crippen LogP contribution in [0.5, 0.6) is 0 Å². The second kappa shape index (κ2) is 4.75. The lowest BCUT2D eigenvalue weighted by Crippen LogP contribution is -2.51. The van der Waals surface area contributed by atoms with Crippen LogP contribution in [0.15, 0.2) is 0 Å². The first-order chi connectivity index (χ1) is 6.52. The summed E-state index contributed by atoms with van der Waals surface area (Å²) in [7, 11) is 3.95. The highest BCUT2D eigenvalue weighted by atomic mass is 16.2. The fourth-order valence-electron chi connectivity index (χ4n) is 1.96. The summed E-state index contributed by atoms with van der Waals surface area (Å²) in [4.78, 5) is 15.7. The molecule has 1 unspecified atom stereocenters. The van der Waals surface area contributed by atoms with E-state index >= 15 is 0 Å². The first kappa shape index (κ1) is 11.5. The minimum Gasteiger partial charge on any atom is -0.340 e. The Kier molecular flexibility index (Phi) is 3.89. The summed E-state index contributed by atoms with van der Waals surface area (Å²) in [6.07, 6.45) is 2.26. The molecule has 1 saturated heterocycles. The lowest BCUT2D eigenvalue weighted by molar-refractivity contribution is -0.133. The van der Waals surface area contributed by atoms with Gasteiger partial charge in [0, 0.05) is 19.6 Å². The van der Waals surface area contributed by atoms with E-state index in [0.717, 1.165) is 25.9 Å². The third-order valence-electron chi connectivity index (χ3n) is 2.88. The van der Waals surface area contributed by atoms with E-state index in [2.05, 4.69) is 11.9 Å². The molecule has 0 aromatic heterocycles. The molecule has 2 atom stereocenters. The lowest BCUT2D eigenvalue weighted by Gasteiger charge is -2.36. The SMILES string of the molecule is C[C@@H](N)C(=O)N(C)C1CCCN(C)C1. The van der Waals surface area contributed by atoms with Crippen molar-refractivity contribution in [2.24, 2.45) is 5.73 Å². The highest BCUT2D eigenvalue weighted by Crippen LogP contribution is 2.13. The van der Waals surface area contributed by atoms with E-state index in [1.54, 1.807) is 11.8 Å². The normalized spacial score (nSPS) is 25.9. The number of amides is 1. The Balaban J connectivity index is 2.51. The van der Waals surface area contributed by atoms with Crippen molar-refractivity contribution in [1.82, 2.24) is 9.80 Å². The Hall–Kier alpha value is -0.610. The molecule has 0 bridgehead atoms. The van der Waals surface area contributed by atoms with Gasteiger partial charge in [-0.05, 0) is 33.4 Å². The van der Waals surface area contributed by atoms with Crippen LogP contribution in [0.3, 0.4) is 0 Å². The van der Waals surface area contributed by atoms with Crippen LogP contribution < -0.4 is 5.73 Å². The van der Waals surface area contributed by atoms with E-state index < -0.39 is 0 Å². The summed E-state index contributed by atoms with van der Waals surface area (Å²) < 4.78 is 0. The molecule has 0 radical (unpaired) electrons. The highest BCUT2D eigenvalue weighted by molar-refractivity contribution is 5.81. The van der Waals surface area contributed by atoms with Crippen LogP contribution in [-0.2, 0) is 4.79 Å². The van der Waals surface area contributed by atoms with Gasteiger partial charge in [-0.1, -0.05) is 0 Å². The fourth-order valence-corrected chi connectivity index (χ4v) is 1.96. The third-order valence-corrected chi connectivity index (χ3v) is 2.88. The molecule has 0 aliphatic carbocycles. The molecule has 1 aliphatic heterocycles. The Morgan fingerprint density at radius 1 is 1.64 bits per heavy atom. The maximum absolute atomic E-state index is 11.6. The van der Waals surface area contributed by atoms with E-state index in [1.165, 1.54) is 0 Å². The van der Waals surface area contributed by atoms with Gasteiger partial charge in [0.2, 0.25) is 5.91 Å². The molecular formula is C10H21N3O. The number of carbonyl (C=O) groups excluding carboxylic acids is 1. The molecule has 1 fully saturated rings. The molecule has 0 aromatic carbocycles. The first-order valence-electron chi connectivity index (χ1n) is 5.23. The Bertz CT molecular complexity index is 206. The number of piperidine rings is 1. The van der Waals surface area contributed by atoms with Gasteiger partial charge in [-0.25, -0.2) is 0 Å². The zero-order valence-corrected chi connectivity index (χ0v) is 9.36. The van der Waals surface area contributed by atoms with Crippen molar-refractivity contribution in [3.63, 3.8) is 0 Å². The zero-order chi connectivity index (χ0) is 10.7. The summed E-state index contributed by atoms with van der Waals surface area (Å²) in [6.45, 7) is 3.84. The number of hydrogen-bond donors (Lipinski definition) is 1. The summed E-state index contributed by atoms with van der Waals surface area (Å²) in [5, 5.41) is 0. The number of nitrogens with zero attached hydrogens (tertiary/aromatic N) is 2. The van der Waals surface area contributed by atoms with E-state index in [0.29, 0.717) is 6.04 Å². The quantitative estimate of drug-likeness (QED) is 0.675. The molecule has 2 N–H and O–H groups in total. The first-order valence-corrected chi connectivity index (χ1v) is 5.23. The minimum atomic E-state index is -0.382. The van der Waals surface area contributed by atoms with Gasteiger partial charge in [0.1, 0.15) is 0 Å². The summed E-state index contributed by atoms with van der Waals surface area (Å²) in [6, 6.07) is -0.0421. The molecule has 1 heterocycles. The highest BCUT2D eigenvalue weighted by Gasteiger charge is 2.25. The van der Waals surface area contributed by atoms with Crippen LogP contribution in [0, 0.1) is 0 Å². The predicted octanol–water partition coefficient (Wildman–Crippen LogP) is -0.114. The van der Waals surface area contributed by atoms with Crippen molar-refractivity contribution in [2.75, 3.05) is 27.2 Å². The fraction of sp³-hybridized carbons (Fsp3) is 0.900. The topological polar surface area (TPSA) is 49.6 Å². The summed E-state index contributed by atoms with van der Waals surface area (Å²) in [5.74, 6) is 0.0466. The third kappa shape index (κ3) is 2.69. The average Bonchev–Trinajstić information content (AvgIpc) is 2.15. The maximum atomic E-state index is 11.6. The van der Waals surface area contributed by atoms with E-state index in [4.69, 9.17) is 5.73 Å². The minimum absolute atomic E-state index is 0.0466. The van der Waals surface area contributed by atoms with Gasteiger partial charge in [-0.2, -0.15) is 0 Å². The number of rotatable bonds is 2. The number of likely N-dealkylation sites (tertiary alicyclic amines) is 1. The molecule has 1 rings (SSSR count). The van der Waals surface area contributed by atoms with Crippen molar-refractivity contribution in [3.8, 4) is 0 Å². The second-order valence-corrected chi connectivity index (χ2v) is 4.30. The van der Waals surface area contributed by atoms with Gasteiger partial charge in [-0.3, -0.25) is 4.79 Å². The number of carbonyl (C=O) groups is 1. The van der Waals surface area contributed by atoms with Gasteiger partial charge in [0.05, 0.1) is 6.04 Å². The van der Waals surface area contributed by atoms with Crippen molar-refractivity contribution in [1.29, 1.82) is 0 Å². The monoisotopic (exact) mass is 199 g/mol. The number of nitrogens with two attached hydrogens (primary N) is 1. The van der Waals surface area contributed by atoms with Gasteiger partial charge >= 0.3 is 0 Å². The van der Waals surface area contributed by atoms with Gasteiger partial charge in [-0.15, -0.1) is 0 Å². The lowest BCUT2D eigenvalue weighted by atomic mass is 10.0. The molecule has 0 saturated carbocycles. The van der Waals surface area contributed by atoms with E-state index in [1.807, 2.05) is 7.05 Å². The average molecular weight is 199 g/mol. The van der Waals surface area contributed by atoms with E-state index in [9.17, 15) is 4.79 Å². The molecule has 4 heteroatoms. The Morgan fingerprint density at radius 3 is 2.79 bits per heavy atom. The summed E-state index contributed by atoms with van der Waals surface area (Å²) in [5.41, 5.74) is 5.57. The molecule has 14 heavy (non-hydrogen) atoms. The smallest absolute Gasteiger partial charge is 0.239 e. The molecule has 4 nitrogen and oxygen atoms in total. The molecule has 1 aliphatic rings. The maximum Gasteiger partial charge on any atom is 0.239 e. The van der Waals surface area contributed by atoms with Gasteiger partial charge in [0.25, 0.3) is 0 Å².